The minimum absolute atomic E-state index is 0.171. The number of rotatable bonds is 19. The van der Waals surface area contributed by atoms with E-state index in [1.807, 2.05) is 0 Å². The van der Waals surface area contributed by atoms with Crippen molar-refractivity contribution in [2.45, 2.75) is 64.6 Å². The van der Waals surface area contributed by atoms with E-state index in [-0.39, 0.29) is 18.1 Å². The first-order chi connectivity index (χ1) is 24.6. The fourth-order valence-corrected chi connectivity index (χ4v) is 6.51. The van der Waals surface area contributed by atoms with Crippen LogP contribution in [0.15, 0.2) is 115 Å². The molecule has 268 valence electrons. The SMILES string of the molecule is C=C(C)CC1=C(OCC2CO2)C=CC(c2cc(-c3ccc(OCCOC)c(CC(=C)C)c3)cc(-c3ccc(OCC4CO4)c(CC(=C)C)c3)c2)C1. The van der Waals surface area contributed by atoms with Gasteiger partial charge >= 0.3 is 0 Å². The molecule has 0 amide bonds. The maximum absolute atomic E-state index is 6.25. The molecule has 6 heteroatoms. The molecule has 6 rings (SSSR count). The molecule has 0 N–H and O–H groups in total. The average molecular weight is 689 g/mol. The molecule has 0 aromatic heterocycles. The predicted molar refractivity (Wildman–Crippen MR) is 206 cm³/mol. The lowest BCUT2D eigenvalue weighted by atomic mass is 9.83. The number of hydrogen-bond donors (Lipinski definition) is 0. The molecule has 2 heterocycles. The summed E-state index contributed by atoms with van der Waals surface area (Å²) in [7, 11) is 1.69. The summed E-state index contributed by atoms with van der Waals surface area (Å²) in [6.45, 7) is 22.6. The smallest absolute Gasteiger partial charge is 0.122 e. The molecular formula is C45H52O6. The van der Waals surface area contributed by atoms with Crippen molar-refractivity contribution >= 4 is 0 Å². The first kappa shape index (κ1) is 36.4. The van der Waals surface area contributed by atoms with Gasteiger partial charge in [0, 0.05) is 13.0 Å². The Hall–Kier alpha value is -4.36. The van der Waals surface area contributed by atoms with Gasteiger partial charge in [-0.25, -0.2) is 0 Å². The second-order valence-corrected chi connectivity index (χ2v) is 14.4. The van der Waals surface area contributed by atoms with E-state index >= 15 is 0 Å². The highest BCUT2D eigenvalue weighted by Crippen LogP contribution is 2.40. The minimum Gasteiger partial charge on any atom is -0.491 e. The number of allylic oxidation sites excluding steroid dienone is 6. The van der Waals surface area contributed by atoms with Gasteiger partial charge < -0.3 is 28.4 Å². The Morgan fingerprint density at radius 1 is 0.667 bits per heavy atom. The molecule has 6 nitrogen and oxygen atoms in total. The van der Waals surface area contributed by atoms with Gasteiger partial charge in [0.25, 0.3) is 0 Å². The van der Waals surface area contributed by atoms with E-state index in [0.717, 1.165) is 106 Å². The molecule has 0 bridgehead atoms. The summed E-state index contributed by atoms with van der Waals surface area (Å²) in [6.07, 6.45) is 7.97. The van der Waals surface area contributed by atoms with Crippen molar-refractivity contribution in [1.82, 2.24) is 0 Å². The van der Waals surface area contributed by atoms with E-state index in [4.69, 9.17) is 28.4 Å². The molecule has 0 radical (unpaired) electrons. The third-order valence-corrected chi connectivity index (χ3v) is 9.16. The zero-order valence-electron chi connectivity index (χ0n) is 30.7. The number of ether oxygens (including phenoxy) is 6. The Bertz CT molecular complexity index is 1820. The van der Waals surface area contributed by atoms with Crippen LogP contribution in [0.1, 0.15) is 56.2 Å². The second-order valence-electron chi connectivity index (χ2n) is 14.4. The highest BCUT2D eigenvalue weighted by molar-refractivity contribution is 5.76. The van der Waals surface area contributed by atoms with Crippen molar-refractivity contribution in [3.63, 3.8) is 0 Å². The highest BCUT2D eigenvalue weighted by Gasteiger charge is 2.26. The zero-order chi connectivity index (χ0) is 35.9. The molecule has 2 aliphatic heterocycles. The summed E-state index contributed by atoms with van der Waals surface area (Å²) >= 11 is 0. The quantitative estimate of drug-likeness (QED) is 0.0710. The van der Waals surface area contributed by atoms with Crippen LogP contribution >= 0.6 is 0 Å². The second kappa shape index (κ2) is 16.8. The molecule has 3 unspecified atom stereocenters. The number of benzene rings is 3. The average Bonchev–Trinajstić information content (AvgIpc) is 4.03. The zero-order valence-corrected chi connectivity index (χ0v) is 30.7. The van der Waals surface area contributed by atoms with Gasteiger partial charge in [-0.1, -0.05) is 66.8 Å². The fourth-order valence-electron chi connectivity index (χ4n) is 6.51. The summed E-state index contributed by atoms with van der Waals surface area (Å²) in [5.74, 6) is 2.87. The largest absolute Gasteiger partial charge is 0.491 e. The fraction of sp³-hybridized carbons (Fsp3) is 0.378. The summed E-state index contributed by atoms with van der Waals surface area (Å²) in [4.78, 5) is 0. The topological polar surface area (TPSA) is 62.0 Å². The van der Waals surface area contributed by atoms with Gasteiger partial charge in [-0.3, -0.25) is 0 Å². The lowest BCUT2D eigenvalue weighted by Gasteiger charge is -2.25. The molecule has 3 atom stereocenters. The van der Waals surface area contributed by atoms with Gasteiger partial charge in [0.2, 0.25) is 0 Å². The van der Waals surface area contributed by atoms with E-state index in [2.05, 4.69) is 107 Å². The van der Waals surface area contributed by atoms with Gasteiger partial charge in [0.05, 0.1) is 19.8 Å². The summed E-state index contributed by atoms with van der Waals surface area (Å²) in [5.41, 5.74) is 12.6. The van der Waals surface area contributed by atoms with Crippen LogP contribution in [-0.4, -0.2) is 59.0 Å². The molecular weight excluding hydrogens is 636 g/mol. The van der Waals surface area contributed by atoms with Gasteiger partial charge in [0.1, 0.15) is 49.3 Å². The van der Waals surface area contributed by atoms with Gasteiger partial charge in [-0.2, -0.15) is 0 Å². The van der Waals surface area contributed by atoms with E-state index in [9.17, 15) is 0 Å². The lowest BCUT2D eigenvalue weighted by Crippen LogP contribution is -2.10. The van der Waals surface area contributed by atoms with Crippen molar-refractivity contribution in [3.05, 3.63) is 131 Å². The Balaban J connectivity index is 1.40. The van der Waals surface area contributed by atoms with Crippen molar-refractivity contribution in [2.75, 3.05) is 46.8 Å². The molecule has 0 saturated carbocycles. The molecule has 2 saturated heterocycles. The van der Waals surface area contributed by atoms with Crippen molar-refractivity contribution in [2.24, 2.45) is 0 Å². The standard InChI is InChI=1S/C45H52O6/c1-29(2)16-38-19-32(8-11-43(38)47-15-14-46-7)35-22-36(33-9-12-44(50-27-41-25-48-41)39(20-33)17-30(3)4)24-37(23-35)34-10-13-45(51-28-42-26-49-42)40(21-34)18-31(5)6/h8-13,19-20,22-24,34,41-42H,1,3,5,14-18,21,25-28H2,2,4,6-7H3. The molecule has 0 spiro atoms. The van der Waals surface area contributed by atoms with Crippen molar-refractivity contribution in [3.8, 4) is 33.8 Å². The summed E-state index contributed by atoms with van der Waals surface area (Å²) in [6, 6.07) is 20.0. The Morgan fingerprint density at radius 3 is 1.75 bits per heavy atom. The maximum Gasteiger partial charge on any atom is 0.122 e. The van der Waals surface area contributed by atoms with Crippen LogP contribution in [-0.2, 0) is 31.8 Å². The molecule has 2 fully saturated rings. The lowest BCUT2D eigenvalue weighted by molar-refractivity contribution is 0.146. The van der Waals surface area contributed by atoms with Crippen LogP contribution in [0, 0.1) is 0 Å². The monoisotopic (exact) mass is 688 g/mol. The Labute approximate surface area is 304 Å². The van der Waals surface area contributed by atoms with Gasteiger partial charge in [-0.05, 0) is 127 Å². The summed E-state index contributed by atoms with van der Waals surface area (Å²) < 4.78 is 34.7. The number of hydrogen-bond acceptors (Lipinski definition) is 6. The van der Waals surface area contributed by atoms with Crippen LogP contribution < -0.4 is 9.47 Å². The highest BCUT2D eigenvalue weighted by atomic mass is 16.6. The van der Waals surface area contributed by atoms with Crippen LogP contribution in [0.25, 0.3) is 22.3 Å². The van der Waals surface area contributed by atoms with Crippen LogP contribution in [0.5, 0.6) is 11.5 Å². The number of methoxy groups -OCH3 is 1. The first-order valence-electron chi connectivity index (χ1n) is 18.0. The Morgan fingerprint density at radius 2 is 1.22 bits per heavy atom. The molecule has 3 aliphatic rings. The van der Waals surface area contributed by atoms with Crippen LogP contribution in [0.2, 0.25) is 0 Å². The third kappa shape index (κ3) is 10.4. The third-order valence-electron chi connectivity index (χ3n) is 9.16. The summed E-state index contributed by atoms with van der Waals surface area (Å²) in [5, 5.41) is 0. The van der Waals surface area contributed by atoms with Crippen LogP contribution in [0.3, 0.4) is 0 Å². The predicted octanol–water partition coefficient (Wildman–Crippen LogP) is 9.74. The molecule has 51 heavy (non-hydrogen) atoms. The molecule has 3 aromatic rings. The van der Waals surface area contributed by atoms with Crippen LogP contribution in [0.4, 0.5) is 0 Å². The molecule has 1 aliphatic carbocycles. The first-order valence-corrected chi connectivity index (χ1v) is 18.0. The van der Waals surface area contributed by atoms with E-state index in [1.165, 1.54) is 11.1 Å². The molecule has 3 aromatic carbocycles. The van der Waals surface area contributed by atoms with E-state index < -0.39 is 0 Å². The van der Waals surface area contributed by atoms with E-state index in [0.29, 0.717) is 26.4 Å². The minimum atomic E-state index is 0.171. The maximum atomic E-state index is 6.25. The van der Waals surface area contributed by atoms with Gasteiger partial charge in [-0.15, -0.1) is 0 Å². The van der Waals surface area contributed by atoms with Gasteiger partial charge in [0.15, 0.2) is 0 Å². The number of epoxide rings is 2. The van der Waals surface area contributed by atoms with Crippen molar-refractivity contribution in [1.29, 1.82) is 0 Å². The van der Waals surface area contributed by atoms with Crippen molar-refractivity contribution < 1.29 is 28.4 Å². The Kier molecular flexibility index (Phi) is 12.0. The normalized spacial score (nSPS) is 19.1. The van der Waals surface area contributed by atoms with E-state index in [1.54, 1.807) is 7.11 Å².